The van der Waals surface area contributed by atoms with Crippen LogP contribution in [0.3, 0.4) is 0 Å². The maximum absolute atomic E-state index is 12.8. The number of nitrogens with zero attached hydrogens (tertiary/aromatic N) is 2. The Bertz CT molecular complexity index is 521. The van der Waals surface area contributed by atoms with Gasteiger partial charge in [0.15, 0.2) is 0 Å². The summed E-state index contributed by atoms with van der Waals surface area (Å²) < 4.78 is 0. The maximum Gasteiger partial charge on any atom is 0.254 e. The van der Waals surface area contributed by atoms with E-state index < -0.39 is 0 Å². The lowest BCUT2D eigenvalue weighted by molar-refractivity contribution is -0.135. The van der Waals surface area contributed by atoms with Crippen LogP contribution in [0.4, 0.5) is 0 Å². The highest BCUT2D eigenvalue weighted by atomic mass is 16.2. The average molecular weight is 300 g/mol. The molecule has 4 heteroatoms. The molecule has 2 amide bonds. The summed E-state index contributed by atoms with van der Waals surface area (Å²) in [6.45, 7) is 2.39. The minimum absolute atomic E-state index is 0.00808. The molecule has 2 fully saturated rings. The van der Waals surface area contributed by atoms with Gasteiger partial charge in [-0.2, -0.15) is 0 Å². The van der Waals surface area contributed by atoms with E-state index in [4.69, 9.17) is 0 Å². The van der Waals surface area contributed by atoms with Crippen LogP contribution in [0.1, 0.15) is 48.9 Å². The van der Waals surface area contributed by atoms with Gasteiger partial charge in [-0.15, -0.1) is 0 Å². The second kappa shape index (κ2) is 6.95. The van der Waals surface area contributed by atoms with Crippen molar-refractivity contribution in [2.45, 2.75) is 44.6 Å². The second-order valence-corrected chi connectivity index (χ2v) is 6.26. The zero-order valence-electron chi connectivity index (χ0n) is 13.0. The van der Waals surface area contributed by atoms with Crippen LogP contribution in [0.2, 0.25) is 0 Å². The fraction of sp³-hybridized carbons (Fsp3) is 0.556. The zero-order valence-corrected chi connectivity index (χ0v) is 13.0. The third kappa shape index (κ3) is 3.16. The first-order valence-corrected chi connectivity index (χ1v) is 8.42. The highest BCUT2D eigenvalue weighted by Crippen LogP contribution is 2.23. The van der Waals surface area contributed by atoms with E-state index in [0.717, 1.165) is 38.8 Å². The molecule has 2 heterocycles. The van der Waals surface area contributed by atoms with Gasteiger partial charge in [-0.25, -0.2) is 0 Å². The molecule has 0 spiro atoms. The first-order valence-electron chi connectivity index (χ1n) is 8.42. The molecular formula is C18H24N2O2. The molecule has 0 N–H and O–H groups in total. The van der Waals surface area contributed by atoms with Crippen LogP contribution < -0.4 is 0 Å². The molecule has 0 aliphatic carbocycles. The topological polar surface area (TPSA) is 40.6 Å². The molecule has 22 heavy (non-hydrogen) atoms. The number of amides is 2. The van der Waals surface area contributed by atoms with Gasteiger partial charge >= 0.3 is 0 Å². The van der Waals surface area contributed by atoms with Crippen LogP contribution in [-0.2, 0) is 4.79 Å². The van der Waals surface area contributed by atoms with Gasteiger partial charge in [0.05, 0.1) is 0 Å². The number of carbonyl (C=O) groups excluding carboxylic acids is 2. The quantitative estimate of drug-likeness (QED) is 0.842. The minimum atomic E-state index is -0.259. The third-order valence-electron chi connectivity index (χ3n) is 4.74. The molecule has 1 atom stereocenters. The molecule has 1 aromatic carbocycles. The number of rotatable bonds is 2. The molecule has 4 nitrogen and oxygen atoms in total. The summed E-state index contributed by atoms with van der Waals surface area (Å²) in [6, 6.07) is 9.04. The van der Waals surface area contributed by atoms with Crippen molar-refractivity contribution in [1.29, 1.82) is 0 Å². The Kier molecular flexibility index (Phi) is 4.76. The van der Waals surface area contributed by atoms with Crippen molar-refractivity contribution in [3.8, 4) is 0 Å². The van der Waals surface area contributed by atoms with Crippen molar-refractivity contribution in [2.24, 2.45) is 0 Å². The van der Waals surface area contributed by atoms with E-state index in [1.807, 2.05) is 35.2 Å². The maximum atomic E-state index is 12.8. The summed E-state index contributed by atoms with van der Waals surface area (Å²) in [5, 5.41) is 0. The van der Waals surface area contributed by atoms with Crippen LogP contribution in [0.15, 0.2) is 30.3 Å². The molecule has 0 aromatic heterocycles. The van der Waals surface area contributed by atoms with Gasteiger partial charge in [-0.1, -0.05) is 31.0 Å². The number of likely N-dealkylation sites (tertiary alicyclic amines) is 2. The lowest BCUT2D eigenvalue weighted by Gasteiger charge is -2.29. The summed E-state index contributed by atoms with van der Waals surface area (Å²) in [5.41, 5.74) is 0.679. The van der Waals surface area contributed by atoms with Gasteiger partial charge in [-0.05, 0) is 37.8 Å². The van der Waals surface area contributed by atoms with Crippen LogP contribution in [-0.4, -0.2) is 47.3 Å². The summed E-state index contributed by atoms with van der Waals surface area (Å²) in [5.74, 6) is 0.148. The zero-order chi connectivity index (χ0) is 15.4. The standard InChI is InChI=1S/C18H24N2O2/c21-17(15-9-4-3-5-10-15)20-14-8-11-16(20)18(22)19-12-6-1-2-7-13-19/h3-5,9-10,16H,1-2,6-8,11-14H2/t16-/m0/s1. The largest absolute Gasteiger partial charge is 0.341 e. The van der Waals surface area contributed by atoms with Gasteiger partial charge in [0, 0.05) is 25.2 Å². The highest BCUT2D eigenvalue weighted by molar-refractivity contribution is 5.97. The molecule has 2 aliphatic rings. The fourth-order valence-corrected chi connectivity index (χ4v) is 3.51. The van der Waals surface area contributed by atoms with E-state index in [9.17, 15) is 9.59 Å². The number of benzene rings is 1. The average Bonchev–Trinajstić information content (AvgIpc) is 2.89. The summed E-state index contributed by atoms with van der Waals surface area (Å²) in [4.78, 5) is 29.3. The van der Waals surface area contributed by atoms with Crippen LogP contribution in [0.25, 0.3) is 0 Å². The van der Waals surface area contributed by atoms with E-state index >= 15 is 0 Å². The highest BCUT2D eigenvalue weighted by Gasteiger charge is 2.36. The Morgan fingerprint density at radius 1 is 0.864 bits per heavy atom. The van der Waals surface area contributed by atoms with Crippen LogP contribution >= 0.6 is 0 Å². The van der Waals surface area contributed by atoms with Crippen LogP contribution in [0.5, 0.6) is 0 Å². The van der Waals surface area contributed by atoms with Crippen molar-refractivity contribution < 1.29 is 9.59 Å². The first-order chi connectivity index (χ1) is 10.8. The van der Waals surface area contributed by atoms with Gasteiger partial charge in [0.25, 0.3) is 5.91 Å². The third-order valence-corrected chi connectivity index (χ3v) is 4.74. The molecule has 1 aromatic rings. The summed E-state index contributed by atoms with van der Waals surface area (Å²) >= 11 is 0. The summed E-state index contributed by atoms with van der Waals surface area (Å²) in [6.07, 6.45) is 6.31. The number of hydrogen-bond acceptors (Lipinski definition) is 2. The monoisotopic (exact) mass is 300 g/mol. The lowest BCUT2D eigenvalue weighted by atomic mass is 10.1. The normalized spacial score (nSPS) is 22.5. The molecule has 0 bridgehead atoms. The van der Waals surface area contributed by atoms with E-state index in [-0.39, 0.29) is 17.9 Å². The van der Waals surface area contributed by atoms with E-state index in [1.54, 1.807) is 4.90 Å². The van der Waals surface area contributed by atoms with Gasteiger partial charge < -0.3 is 9.80 Å². The molecule has 2 saturated heterocycles. The SMILES string of the molecule is O=C([C@@H]1CCCN1C(=O)c1ccccc1)N1CCCCCC1. The number of hydrogen-bond donors (Lipinski definition) is 0. The number of carbonyl (C=O) groups is 2. The predicted octanol–water partition coefficient (Wildman–Crippen LogP) is 2.69. The molecule has 0 saturated carbocycles. The minimum Gasteiger partial charge on any atom is -0.341 e. The molecule has 118 valence electrons. The van der Waals surface area contributed by atoms with Crippen LogP contribution in [0, 0.1) is 0 Å². The van der Waals surface area contributed by atoms with Crippen molar-refractivity contribution >= 4 is 11.8 Å². The predicted molar refractivity (Wildman–Crippen MR) is 85.5 cm³/mol. The summed E-state index contributed by atoms with van der Waals surface area (Å²) in [7, 11) is 0. The van der Waals surface area contributed by atoms with Crippen molar-refractivity contribution in [2.75, 3.05) is 19.6 Å². The Labute approximate surface area is 132 Å². The van der Waals surface area contributed by atoms with Gasteiger partial charge in [0.2, 0.25) is 5.91 Å². The van der Waals surface area contributed by atoms with E-state index in [0.29, 0.717) is 12.1 Å². The van der Waals surface area contributed by atoms with Gasteiger partial charge in [-0.3, -0.25) is 9.59 Å². The lowest BCUT2D eigenvalue weighted by Crippen LogP contribution is -2.48. The van der Waals surface area contributed by atoms with Gasteiger partial charge in [0.1, 0.15) is 6.04 Å². The Morgan fingerprint density at radius 2 is 1.55 bits per heavy atom. The van der Waals surface area contributed by atoms with E-state index in [2.05, 4.69) is 0 Å². The van der Waals surface area contributed by atoms with E-state index in [1.165, 1.54) is 12.8 Å². The Morgan fingerprint density at radius 3 is 2.23 bits per heavy atom. The first kappa shape index (κ1) is 15.1. The Balaban J connectivity index is 1.72. The molecule has 3 rings (SSSR count). The molecule has 0 radical (unpaired) electrons. The van der Waals surface area contributed by atoms with Crippen molar-refractivity contribution in [3.05, 3.63) is 35.9 Å². The Hall–Kier alpha value is -1.84. The smallest absolute Gasteiger partial charge is 0.254 e. The van der Waals surface area contributed by atoms with Crippen molar-refractivity contribution in [3.63, 3.8) is 0 Å². The fourth-order valence-electron chi connectivity index (χ4n) is 3.51. The molecule has 2 aliphatic heterocycles. The molecular weight excluding hydrogens is 276 g/mol. The second-order valence-electron chi connectivity index (χ2n) is 6.26. The molecule has 0 unspecified atom stereocenters. The van der Waals surface area contributed by atoms with Crippen molar-refractivity contribution in [1.82, 2.24) is 9.80 Å².